The van der Waals surface area contributed by atoms with Gasteiger partial charge in [-0.15, -0.1) is 0 Å². The van der Waals surface area contributed by atoms with Crippen molar-refractivity contribution in [2.75, 3.05) is 13.1 Å². The van der Waals surface area contributed by atoms with Crippen LogP contribution in [0.4, 0.5) is 0 Å². The van der Waals surface area contributed by atoms with Crippen LogP contribution in [-0.2, 0) is 4.79 Å². The van der Waals surface area contributed by atoms with Crippen LogP contribution in [0.2, 0.25) is 0 Å². The van der Waals surface area contributed by atoms with E-state index in [4.69, 9.17) is 16.9 Å². The lowest BCUT2D eigenvalue weighted by Gasteiger charge is -2.07. The molecule has 0 saturated heterocycles. The van der Waals surface area contributed by atoms with E-state index in [9.17, 15) is 14.9 Å². The highest BCUT2D eigenvalue weighted by Crippen LogP contribution is 1.92. The molecule has 0 unspecified atom stereocenters. The van der Waals surface area contributed by atoms with Crippen molar-refractivity contribution in [2.24, 2.45) is 5.73 Å². The quantitative estimate of drug-likeness (QED) is 0.160. The molecule has 0 aromatic carbocycles. The minimum atomic E-state index is -0.824. The van der Waals surface area contributed by atoms with Gasteiger partial charge >= 0.3 is 0 Å². The summed E-state index contributed by atoms with van der Waals surface area (Å²) in [6, 6.07) is -0.809. The molecule has 8 nitrogen and oxygen atoms in total. The van der Waals surface area contributed by atoms with E-state index in [-0.39, 0.29) is 5.84 Å². The number of hydrogen-bond acceptors (Lipinski definition) is 5. The molecule has 0 aliphatic heterocycles. The van der Waals surface area contributed by atoms with Gasteiger partial charge in [-0.2, -0.15) is 0 Å². The van der Waals surface area contributed by atoms with Crippen molar-refractivity contribution in [2.45, 2.75) is 18.9 Å². The molecule has 5 N–H and O–H groups in total. The number of nitro groups is 1. The zero-order chi connectivity index (χ0) is 11.8. The van der Waals surface area contributed by atoms with Crippen molar-refractivity contribution in [1.82, 2.24) is 11.1 Å². The Labute approximate surface area is 86.7 Å². The highest BCUT2D eigenvalue weighted by molar-refractivity contribution is 5.80. The van der Waals surface area contributed by atoms with Crippen LogP contribution >= 0.6 is 0 Å². The number of nitrogens with zero attached hydrogens (tertiary/aromatic N) is 1. The summed E-state index contributed by atoms with van der Waals surface area (Å²) in [4.78, 5) is 19.8. The topological polar surface area (TPSA) is 146 Å². The number of rotatable bonds is 7. The van der Waals surface area contributed by atoms with Crippen molar-refractivity contribution in [3.8, 4) is 0 Å². The van der Waals surface area contributed by atoms with E-state index in [0.717, 1.165) is 0 Å². The van der Waals surface area contributed by atoms with Crippen LogP contribution in [0.3, 0.4) is 0 Å². The number of hydrogen-bond donors (Lipinski definition) is 3. The smallest absolute Gasteiger partial charge is 0.259 e. The molecule has 0 heterocycles. The van der Waals surface area contributed by atoms with E-state index in [0.29, 0.717) is 19.4 Å². The number of amides is 1. The van der Waals surface area contributed by atoms with E-state index in [1.165, 1.54) is 0 Å². The number of amidine groups is 1. The number of carbonyl (C=O) groups excluding carboxylic acids is 1. The first-order valence-corrected chi connectivity index (χ1v) is 4.37. The third-order valence-corrected chi connectivity index (χ3v) is 1.65. The molecule has 0 fully saturated rings. The summed E-state index contributed by atoms with van der Waals surface area (Å²) < 4.78 is 0. The minimum absolute atomic E-state index is 0.175. The Balaban J connectivity index is 3.50. The van der Waals surface area contributed by atoms with Gasteiger partial charge < -0.3 is 11.1 Å². The Morgan fingerprint density at radius 2 is 2.20 bits per heavy atom. The third kappa shape index (κ3) is 7.38. The molecule has 0 aromatic rings. The molecular weight excluding hydrogens is 202 g/mol. The maximum atomic E-state index is 10.4. The van der Waals surface area contributed by atoms with Gasteiger partial charge in [-0.1, -0.05) is 0 Å². The first kappa shape index (κ1) is 13.3. The fraction of sp³-hybridized carbons (Fsp3) is 0.714. The van der Waals surface area contributed by atoms with Gasteiger partial charge in [0.25, 0.3) is 12.5 Å². The van der Waals surface area contributed by atoms with Crippen molar-refractivity contribution < 1.29 is 9.72 Å². The largest absolute Gasteiger partial charge is 0.369 e. The molecule has 1 amide bonds. The van der Waals surface area contributed by atoms with Gasteiger partial charge in [0.1, 0.15) is 0 Å². The van der Waals surface area contributed by atoms with E-state index >= 15 is 0 Å². The summed E-state index contributed by atoms with van der Waals surface area (Å²) in [7, 11) is 0. The highest BCUT2D eigenvalue weighted by Gasteiger charge is 2.09. The highest BCUT2D eigenvalue weighted by atomic mass is 16.6. The van der Waals surface area contributed by atoms with Gasteiger partial charge in [0.15, 0.2) is 5.84 Å². The maximum Gasteiger partial charge on any atom is 0.259 e. The fourth-order valence-electron chi connectivity index (χ4n) is 0.877. The Morgan fingerprint density at radius 3 is 2.67 bits per heavy atom. The molecule has 0 spiro atoms. The lowest BCUT2D eigenvalue weighted by molar-refractivity contribution is -0.463. The lowest BCUT2D eigenvalue weighted by Crippen LogP contribution is -2.34. The van der Waals surface area contributed by atoms with Crippen LogP contribution in [0.1, 0.15) is 12.8 Å². The second-order valence-electron chi connectivity index (χ2n) is 3.01. The zero-order valence-electron chi connectivity index (χ0n) is 8.16. The number of nitrogens with two attached hydrogens (primary N) is 1. The van der Waals surface area contributed by atoms with Gasteiger partial charge in [0.2, 0.25) is 0 Å². The Morgan fingerprint density at radius 1 is 1.60 bits per heavy atom. The normalized spacial score (nSPS) is 11.8. The van der Waals surface area contributed by atoms with Crippen molar-refractivity contribution >= 4 is 11.7 Å². The molecule has 0 aliphatic rings. The second kappa shape index (κ2) is 6.71. The Hall–Kier alpha value is -1.70. The minimum Gasteiger partial charge on any atom is -0.369 e. The molecule has 0 aliphatic carbocycles. The van der Waals surface area contributed by atoms with E-state index in [1.807, 2.05) is 0 Å². The summed E-state index contributed by atoms with van der Waals surface area (Å²) in [6.07, 6.45) is 0.826. The van der Waals surface area contributed by atoms with E-state index in [2.05, 4.69) is 5.32 Å². The summed E-state index contributed by atoms with van der Waals surface area (Å²) in [5.74, 6) is -0.999. The standard InChI is InChI=1S/C7H14N5O3/c8-5(7(10)13)2-1-3-11-6(9)4-12(14)15/h5,10H,1-4,8H2,(H2,9,11)/t5-/m0/s1. The van der Waals surface area contributed by atoms with Crippen molar-refractivity contribution in [3.63, 3.8) is 0 Å². The van der Waals surface area contributed by atoms with Crippen molar-refractivity contribution in [3.05, 3.63) is 10.1 Å². The first-order chi connectivity index (χ1) is 6.93. The summed E-state index contributed by atoms with van der Waals surface area (Å²) in [5, 5.41) is 19.6. The van der Waals surface area contributed by atoms with Gasteiger partial charge in [0, 0.05) is 11.5 Å². The average Bonchev–Trinajstić information content (AvgIpc) is 2.10. The predicted molar refractivity (Wildman–Crippen MR) is 52.9 cm³/mol. The molecule has 85 valence electrons. The van der Waals surface area contributed by atoms with Crippen LogP contribution in [0, 0.1) is 15.5 Å². The van der Waals surface area contributed by atoms with Gasteiger partial charge in [-0.25, -0.2) is 0 Å². The second-order valence-corrected chi connectivity index (χ2v) is 3.01. The number of carbonyl (C=O) groups is 1. The molecule has 0 rings (SSSR count). The van der Waals surface area contributed by atoms with Gasteiger partial charge in [-0.3, -0.25) is 26.1 Å². The molecule has 0 bridgehead atoms. The maximum absolute atomic E-state index is 10.4. The SMILES string of the molecule is [NH]C(=O)[C@@H](N)CCCNC(=N)C[N+](=O)[O-]. The van der Waals surface area contributed by atoms with E-state index in [1.54, 1.807) is 0 Å². The average molecular weight is 216 g/mol. The molecule has 1 atom stereocenters. The zero-order valence-corrected chi connectivity index (χ0v) is 8.16. The summed E-state index contributed by atoms with van der Waals surface area (Å²) >= 11 is 0. The number of nitrogens with one attached hydrogen (secondary N) is 3. The van der Waals surface area contributed by atoms with Crippen molar-refractivity contribution in [1.29, 1.82) is 5.41 Å². The molecular formula is C7H14N5O3. The predicted octanol–water partition coefficient (Wildman–Crippen LogP) is -1.25. The molecule has 0 aromatic heterocycles. The molecule has 15 heavy (non-hydrogen) atoms. The Kier molecular flexibility index (Phi) is 5.95. The van der Waals surface area contributed by atoms with Gasteiger partial charge in [-0.05, 0) is 12.8 Å². The molecule has 8 heteroatoms. The van der Waals surface area contributed by atoms with E-state index < -0.39 is 23.4 Å². The third-order valence-electron chi connectivity index (χ3n) is 1.65. The van der Waals surface area contributed by atoms with Crippen LogP contribution in [-0.4, -0.2) is 35.8 Å². The van der Waals surface area contributed by atoms with Crippen LogP contribution in [0.5, 0.6) is 0 Å². The van der Waals surface area contributed by atoms with Gasteiger partial charge in [0.05, 0.1) is 6.04 Å². The van der Waals surface area contributed by atoms with Crippen LogP contribution in [0.25, 0.3) is 0 Å². The van der Waals surface area contributed by atoms with Crippen LogP contribution in [0.15, 0.2) is 0 Å². The Bertz CT molecular complexity index is 255. The molecule has 0 saturated carbocycles. The lowest BCUT2D eigenvalue weighted by atomic mass is 10.1. The van der Waals surface area contributed by atoms with Crippen LogP contribution < -0.4 is 16.8 Å². The first-order valence-electron chi connectivity index (χ1n) is 4.37. The summed E-state index contributed by atoms with van der Waals surface area (Å²) in [5.41, 5.74) is 12.0. The molecule has 1 radical (unpaired) electrons. The fourth-order valence-corrected chi connectivity index (χ4v) is 0.877. The summed E-state index contributed by atoms with van der Waals surface area (Å²) in [6.45, 7) is -0.197. The monoisotopic (exact) mass is 216 g/mol.